The number of hydrogen-bond donors (Lipinski definition) is 3. The van der Waals surface area contributed by atoms with Crippen molar-refractivity contribution in [3.05, 3.63) is 95.3 Å². The Morgan fingerprint density at radius 3 is 2.02 bits per heavy atom. The Kier molecular flexibility index (Phi) is 7.77. The van der Waals surface area contributed by atoms with Gasteiger partial charge in [0.25, 0.3) is 0 Å². The van der Waals surface area contributed by atoms with Crippen molar-refractivity contribution in [2.75, 3.05) is 6.61 Å². The van der Waals surface area contributed by atoms with Gasteiger partial charge in [0.2, 0.25) is 0 Å². The number of aliphatic hydroxyl groups is 3. The van der Waals surface area contributed by atoms with Crippen LogP contribution < -0.4 is 0 Å². The fraction of sp³-hybridized carbons (Fsp3) is 0.441. The summed E-state index contributed by atoms with van der Waals surface area (Å²) < 4.78 is 11.2. The molecule has 1 fully saturated rings. The van der Waals surface area contributed by atoms with Crippen molar-refractivity contribution < 1.29 is 39.2 Å². The first kappa shape index (κ1) is 29.9. The van der Waals surface area contributed by atoms with Crippen LogP contribution in [0.25, 0.3) is 0 Å². The molecule has 1 saturated carbocycles. The molecule has 0 bridgehead atoms. The predicted octanol–water partition coefficient (Wildman–Crippen LogP) is 4.25. The fourth-order valence-electron chi connectivity index (χ4n) is 6.74. The van der Waals surface area contributed by atoms with Crippen LogP contribution in [0.5, 0.6) is 0 Å². The molecular formula is C34H38O8. The highest BCUT2D eigenvalue weighted by Crippen LogP contribution is 2.63. The first-order valence-electron chi connectivity index (χ1n) is 14.4. The van der Waals surface area contributed by atoms with Gasteiger partial charge in [-0.05, 0) is 59.6 Å². The molecule has 0 unspecified atom stereocenters. The molecule has 7 atom stereocenters. The molecule has 3 N–H and O–H groups in total. The highest BCUT2D eigenvalue weighted by atomic mass is 16.6. The lowest BCUT2D eigenvalue weighted by Gasteiger charge is -2.47. The van der Waals surface area contributed by atoms with Crippen LogP contribution in [0.15, 0.2) is 84.1 Å². The molecule has 2 aromatic carbocycles. The van der Waals surface area contributed by atoms with Crippen LogP contribution in [0.3, 0.4) is 0 Å². The standard InChI is InChI=1S/C34H38O8/c1-5-20(2)33-18-26(42-31(39)22-14-10-7-11-15-22)29(37)34(33,40)27(35)23(16-24(28(33)36)25-17-32(25,3)4)19-41-30(38)21-12-8-6-9-13-21/h6-16,18,20,24-25,27,29,35,37,40H,5,17,19H2,1-4H3/t20-,24+,25-,27-,29+,33+,34+/m1/s1. The van der Waals surface area contributed by atoms with Crippen molar-refractivity contribution in [1.82, 2.24) is 0 Å². The number of aliphatic hydroxyl groups excluding tert-OH is 2. The average Bonchev–Trinajstić information content (AvgIpc) is 3.58. The van der Waals surface area contributed by atoms with E-state index in [4.69, 9.17) is 9.47 Å². The summed E-state index contributed by atoms with van der Waals surface area (Å²) in [5, 5.41) is 36.0. The Labute approximate surface area is 245 Å². The third-order valence-electron chi connectivity index (χ3n) is 9.60. The van der Waals surface area contributed by atoms with Crippen LogP contribution in [-0.4, -0.2) is 57.5 Å². The van der Waals surface area contributed by atoms with E-state index < -0.39 is 53.6 Å². The summed E-state index contributed by atoms with van der Waals surface area (Å²) in [6.07, 6.45) is 0.393. The van der Waals surface area contributed by atoms with E-state index in [1.807, 2.05) is 20.8 Å². The topological polar surface area (TPSA) is 130 Å². The summed E-state index contributed by atoms with van der Waals surface area (Å²) >= 11 is 0. The number of hydrogen-bond acceptors (Lipinski definition) is 8. The van der Waals surface area contributed by atoms with E-state index in [1.54, 1.807) is 73.7 Å². The zero-order valence-corrected chi connectivity index (χ0v) is 24.3. The van der Waals surface area contributed by atoms with Crippen molar-refractivity contribution in [3.8, 4) is 0 Å². The molecule has 8 heteroatoms. The van der Waals surface area contributed by atoms with Crippen molar-refractivity contribution in [2.24, 2.45) is 28.6 Å². The maximum absolute atomic E-state index is 14.7. The van der Waals surface area contributed by atoms with Gasteiger partial charge in [-0.2, -0.15) is 0 Å². The minimum atomic E-state index is -2.50. The van der Waals surface area contributed by atoms with Crippen LogP contribution in [0.2, 0.25) is 0 Å². The number of benzene rings is 2. The van der Waals surface area contributed by atoms with Crippen LogP contribution in [0.1, 0.15) is 61.3 Å². The molecule has 3 aliphatic rings. The molecule has 222 valence electrons. The van der Waals surface area contributed by atoms with Gasteiger partial charge in [0.05, 0.1) is 16.5 Å². The van der Waals surface area contributed by atoms with Crippen LogP contribution in [0, 0.1) is 28.6 Å². The lowest BCUT2D eigenvalue weighted by atomic mass is 9.58. The second-order valence-electron chi connectivity index (χ2n) is 12.5. The second-order valence-corrected chi connectivity index (χ2v) is 12.5. The van der Waals surface area contributed by atoms with E-state index in [9.17, 15) is 29.7 Å². The molecular weight excluding hydrogens is 536 g/mol. The van der Waals surface area contributed by atoms with Crippen LogP contribution >= 0.6 is 0 Å². The van der Waals surface area contributed by atoms with Gasteiger partial charge in [-0.15, -0.1) is 0 Å². The number of carbonyl (C=O) groups excluding carboxylic acids is 3. The van der Waals surface area contributed by atoms with Crippen molar-refractivity contribution in [1.29, 1.82) is 0 Å². The van der Waals surface area contributed by atoms with Gasteiger partial charge in [-0.25, -0.2) is 9.59 Å². The number of carbonyl (C=O) groups is 3. The van der Waals surface area contributed by atoms with E-state index in [-0.39, 0.29) is 34.0 Å². The lowest BCUT2D eigenvalue weighted by Crippen LogP contribution is -2.65. The van der Waals surface area contributed by atoms with Gasteiger partial charge >= 0.3 is 11.9 Å². The fourth-order valence-corrected chi connectivity index (χ4v) is 6.74. The number of esters is 2. The van der Waals surface area contributed by atoms with Gasteiger partial charge < -0.3 is 24.8 Å². The van der Waals surface area contributed by atoms with E-state index in [1.165, 1.54) is 6.08 Å². The molecule has 0 heterocycles. The monoisotopic (exact) mass is 574 g/mol. The van der Waals surface area contributed by atoms with Gasteiger partial charge in [0.15, 0.2) is 5.78 Å². The molecule has 8 nitrogen and oxygen atoms in total. The maximum Gasteiger partial charge on any atom is 0.343 e. The van der Waals surface area contributed by atoms with Gasteiger partial charge in [-0.1, -0.05) is 76.6 Å². The van der Waals surface area contributed by atoms with Crippen molar-refractivity contribution in [3.63, 3.8) is 0 Å². The molecule has 0 aromatic heterocycles. The third-order valence-corrected chi connectivity index (χ3v) is 9.60. The normalized spacial score (nSPS) is 32.1. The Hall–Kier alpha value is -3.59. The molecule has 2 aromatic rings. The Balaban J connectivity index is 1.58. The zero-order valence-electron chi connectivity index (χ0n) is 24.3. The minimum Gasteiger partial charge on any atom is -0.457 e. The number of allylic oxidation sites excluding steroid dienone is 1. The predicted molar refractivity (Wildman–Crippen MR) is 154 cm³/mol. The van der Waals surface area contributed by atoms with Crippen LogP contribution in [-0.2, 0) is 14.3 Å². The molecule has 0 radical (unpaired) electrons. The zero-order chi connectivity index (χ0) is 30.4. The summed E-state index contributed by atoms with van der Waals surface area (Å²) in [6, 6.07) is 16.5. The summed E-state index contributed by atoms with van der Waals surface area (Å²) in [4.78, 5) is 40.5. The van der Waals surface area contributed by atoms with E-state index in [0.29, 0.717) is 12.0 Å². The summed E-state index contributed by atoms with van der Waals surface area (Å²) in [6.45, 7) is 7.31. The van der Waals surface area contributed by atoms with Gasteiger partial charge in [0, 0.05) is 5.92 Å². The van der Waals surface area contributed by atoms with E-state index in [2.05, 4.69) is 0 Å². The Bertz CT molecular complexity index is 1430. The van der Waals surface area contributed by atoms with E-state index >= 15 is 0 Å². The SMILES string of the molecule is CC[C@@H](C)[C@]12C=C(OC(=O)c3ccccc3)[C@H](O)[C@@]1(O)[C@H](O)C(COC(=O)c1ccccc1)=C[C@@H]([C@H]1CC1(C)C)C2=O. The molecule has 0 spiro atoms. The minimum absolute atomic E-state index is 0.0956. The quantitative estimate of drug-likeness (QED) is 0.315. The molecule has 0 aliphatic heterocycles. The second kappa shape index (κ2) is 10.9. The smallest absolute Gasteiger partial charge is 0.343 e. The third kappa shape index (κ3) is 4.71. The molecule has 3 aliphatic carbocycles. The number of Topliss-reactive ketones (excluding diaryl/α,β-unsaturated/α-hetero) is 1. The number of fused-ring (bicyclic) bond motifs is 1. The largest absolute Gasteiger partial charge is 0.457 e. The molecule has 5 rings (SSSR count). The van der Waals surface area contributed by atoms with Crippen molar-refractivity contribution >= 4 is 17.7 Å². The van der Waals surface area contributed by atoms with E-state index in [0.717, 1.165) is 6.42 Å². The first-order valence-corrected chi connectivity index (χ1v) is 14.4. The van der Waals surface area contributed by atoms with Gasteiger partial charge in [-0.3, -0.25) is 4.79 Å². The number of ketones is 1. The molecule has 0 saturated heterocycles. The highest BCUT2D eigenvalue weighted by molar-refractivity contribution is 5.95. The summed E-state index contributed by atoms with van der Waals surface area (Å²) in [5.74, 6) is -3.47. The summed E-state index contributed by atoms with van der Waals surface area (Å²) in [7, 11) is 0. The first-order chi connectivity index (χ1) is 19.9. The molecule has 42 heavy (non-hydrogen) atoms. The maximum atomic E-state index is 14.7. The number of rotatable bonds is 8. The Morgan fingerprint density at radius 2 is 1.50 bits per heavy atom. The van der Waals surface area contributed by atoms with Crippen molar-refractivity contribution in [2.45, 2.75) is 58.3 Å². The molecule has 0 amide bonds. The summed E-state index contributed by atoms with van der Waals surface area (Å²) in [5.41, 5.74) is -3.82. The van der Waals surface area contributed by atoms with Crippen LogP contribution in [0.4, 0.5) is 0 Å². The Morgan fingerprint density at radius 1 is 0.952 bits per heavy atom. The number of ether oxygens (including phenoxy) is 2. The van der Waals surface area contributed by atoms with Gasteiger partial charge in [0.1, 0.15) is 30.2 Å². The lowest BCUT2D eigenvalue weighted by molar-refractivity contribution is -0.193. The average molecular weight is 575 g/mol. The highest BCUT2D eigenvalue weighted by Gasteiger charge is 2.72.